The summed E-state index contributed by atoms with van der Waals surface area (Å²) in [4.78, 5) is 11.5. The minimum absolute atomic E-state index is 0.141. The van der Waals surface area contributed by atoms with Gasteiger partial charge in [-0.05, 0) is 12.1 Å². The van der Waals surface area contributed by atoms with Crippen molar-refractivity contribution in [2.24, 2.45) is 0 Å². The number of allylic oxidation sites excluding steroid dienone is 1. The zero-order chi connectivity index (χ0) is 11.1. The van der Waals surface area contributed by atoms with Crippen LogP contribution in [0.2, 0.25) is 0 Å². The number of carbonyl (C=O) groups is 1. The Morgan fingerprint density at radius 1 is 1.53 bits per heavy atom. The van der Waals surface area contributed by atoms with Gasteiger partial charge in [0.05, 0.1) is 5.56 Å². The van der Waals surface area contributed by atoms with E-state index in [9.17, 15) is 4.79 Å². The number of benzene rings is 1. The minimum atomic E-state index is -0.197. The molecule has 15 heavy (non-hydrogen) atoms. The Kier molecular flexibility index (Phi) is 3.97. The highest BCUT2D eigenvalue weighted by molar-refractivity contribution is 6.06. The molecule has 0 saturated carbocycles. The van der Waals surface area contributed by atoms with Gasteiger partial charge in [0, 0.05) is 6.08 Å². The lowest BCUT2D eigenvalue weighted by molar-refractivity contribution is 0.104. The maximum Gasteiger partial charge on any atom is 0.197 e. The average molecular weight is 198 g/mol. The third-order valence-corrected chi connectivity index (χ3v) is 1.70. The second-order valence-corrected chi connectivity index (χ2v) is 2.70. The molecule has 0 spiro atoms. The van der Waals surface area contributed by atoms with E-state index in [1.54, 1.807) is 24.3 Å². The van der Waals surface area contributed by atoms with Gasteiger partial charge in [-0.2, -0.15) is 0 Å². The Labute approximate surface area is 88.9 Å². The van der Waals surface area contributed by atoms with E-state index in [0.717, 1.165) is 0 Å². The van der Waals surface area contributed by atoms with Crippen LogP contribution in [0, 0.1) is 12.3 Å². The van der Waals surface area contributed by atoms with Crippen LogP contribution in [0.4, 0.5) is 0 Å². The number of ketones is 1. The summed E-state index contributed by atoms with van der Waals surface area (Å²) in [5.74, 6) is 2.62. The number of para-hydroxylation sites is 1. The fourth-order valence-corrected chi connectivity index (χ4v) is 1.09. The summed E-state index contributed by atoms with van der Waals surface area (Å²) in [7, 11) is 0. The maximum absolute atomic E-state index is 11.5. The van der Waals surface area contributed by atoms with Crippen molar-refractivity contribution < 1.29 is 9.53 Å². The zero-order valence-corrected chi connectivity index (χ0v) is 8.19. The van der Waals surface area contributed by atoms with E-state index in [4.69, 9.17) is 11.2 Å². The van der Waals surface area contributed by atoms with Crippen LogP contribution in [-0.4, -0.2) is 12.4 Å². The predicted octanol–water partition coefficient (Wildman–Crippen LogP) is 2.22. The Morgan fingerprint density at radius 2 is 2.27 bits per heavy atom. The highest BCUT2D eigenvalue weighted by Crippen LogP contribution is 2.18. The van der Waals surface area contributed by atoms with Crippen molar-refractivity contribution in [3.8, 4) is 18.1 Å². The van der Waals surface area contributed by atoms with Crippen LogP contribution in [0.15, 0.2) is 42.7 Å². The molecule has 74 valence electrons. The monoisotopic (exact) mass is 198 g/mol. The molecule has 1 aromatic carbocycles. The molecule has 0 amide bonds. The van der Waals surface area contributed by atoms with Gasteiger partial charge in [0.25, 0.3) is 0 Å². The summed E-state index contributed by atoms with van der Waals surface area (Å²) < 4.78 is 5.23. The molecule has 0 aromatic heterocycles. The Balaban J connectivity index is 3.01. The summed E-state index contributed by atoms with van der Waals surface area (Å²) >= 11 is 0. The molecule has 0 N–H and O–H groups in total. The zero-order valence-electron chi connectivity index (χ0n) is 8.19. The largest absolute Gasteiger partial charge is 0.480 e. The summed E-state index contributed by atoms with van der Waals surface area (Å²) in [6, 6.07) is 6.90. The smallest absolute Gasteiger partial charge is 0.197 e. The van der Waals surface area contributed by atoms with Gasteiger partial charge in [-0.25, -0.2) is 0 Å². The van der Waals surface area contributed by atoms with Gasteiger partial charge >= 0.3 is 0 Å². The Hall–Kier alpha value is -2.23. The SMILES string of the molecule is C#CCOc1ccccc1C(=O)C=C=C. The Morgan fingerprint density at radius 3 is 2.93 bits per heavy atom. The van der Waals surface area contributed by atoms with E-state index in [-0.39, 0.29) is 12.4 Å². The molecule has 0 aliphatic carbocycles. The number of hydrogen-bond acceptors (Lipinski definition) is 2. The van der Waals surface area contributed by atoms with Crippen LogP contribution in [-0.2, 0) is 0 Å². The van der Waals surface area contributed by atoms with Crippen molar-refractivity contribution in [1.82, 2.24) is 0 Å². The lowest BCUT2D eigenvalue weighted by Gasteiger charge is -2.05. The number of hydrogen-bond donors (Lipinski definition) is 0. The van der Waals surface area contributed by atoms with Crippen LogP contribution in [0.1, 0.15) is 10.4 Å². The molecule has 0 aliphatic heterocycles. The van der Waals surface area contributed by atoms with Gasteiger partial charge < -0.3 is 4.74 Å². The van der Waals surface area contributed by atoms with Crippen molar-refractivity contribution in [2.75, 3.05) is 6.61 Å². The molecular weight excluding hydrogens is 188 g/mol. The highest BCUT2D eigenvalue weighted by atomic mass is 16.5. The second-order valence-electron chi connectivity index (χ2n) is 2.70. The van der Waals surface area contributed by atoms with Crippen molar-refractivity contribution in [1.29, 1.82) is 0 Å². The van der Waals surface area contributed by atoms with Crippen LogP contribution in [0.5, 0.6) is 5.75 Å². The van der Waals surface area contributed by atoms with Gasteiger partial charge in [0.1, 0.15) is 12.4 Å². The molecule has 1 aromatic rings. The van der Waals surface area contributed by atoms with Crippen molar-refractivity contribution in [3.05, 3.63) is 48.2 Å². The van der Waals surface area contributed by atoms with E-state index >= 15 is 0 Å². The number of carbonyl (C=O) groups excluding carboxylic acids is 1. The molecular formula is C13H10O2. The van der Waals surface area contributed by atoms with E-state index < -0.39 is 0 Å². The molecule has 1 rings (SSSR count). The van der Waals surface area contributed by atoms with E-state index in [1.165, 1.54) is 6.08 Å². The van der Waals surface area contributed by atoms with Gasteiger partial charge in [-0.3, -0.25) is 4.79 Å². The normalized spacial score (nSPS) is 8.47. The highest BCUT2D eigenvalue weighted by Gasteiger charge is 2.08. The quantitative estimate of drug-likeness (QED) is 0.321. The summed E-state index contributed by atoms with van der Waals surface area (Å²) in [5.41, 5.74) is 2.89. The van der Waals surface area contributed by atoms with Crippen LogP contribution in [0.3, 0.4) is 0 Å². The molecule has 0 heterocycles. The first kappa shape index (κ1) is 10.8. The van der Waals surface area contributed by atoms with Crippen LogP contribution >= 0.6 is 0 Å². The number of ether oxygens (including phenoxy) is 1. The first-order valence-corrected chi connectivity index (χ1v) is 4.35. The molecule has 2 nitrogen and oxygen atoms in total. The predicted molar refractivity (Wildman–Crippen MR) is 58.8 cm³/mol. The molecule has 0 aliphatic rings. The molecule has 0 saturated heterocycles. The maximum atomic E-state index is 11.5. The molecule has 0 bridgehead atoms. The molecule has 0 atom stereocenters. The molecule has 0 radical (unpaired) electrons. The lowest BCUT2D eigenvalue weighted by Crippen LogP contribution is -2.01. The topological polar surface area (TPSA) is 26.3 Å². The van der Waals surface area contributed by atoms with Gasteiger partial charge in [-0.1, -0.05) is 24.6 Å². The molecule has 0 fully saturated rings. The van der Waals surface area contributed by atoms with Crippen molar-refractivity contribution >= 4 is 5.78 Å². The van der Waals surface area contributed by atoms with Gasteiger partial charge in [0.15, 0.2) is 5.78 Å². The summed E-state index contributed by atoms with van der Waals surface area (Å²) in [6.45, 7) is 3.48. The second kappa shape index (κ2) is 5.49. The van der Waals surface area contributed by atoms with E-state index in [1.807, 2.05) is 0 Å². The average Bonchev–Trinajstić information content (AvgIpc) is 2.27. The van der Waals surface area contributed by atoms with Gasteiger partial charge in [0.2, 0.25) is 0 Å². The first-order valence-electron chi connectivity index (χ1n) is 4.35. The van der Waals surface area contributed by atoms with Crippen molar-refractivity contribution in [3.63, 3.8) is 0 Å². The third kappa shape index (κ3) is 2.87. The standard InChI is InChI=1S/C13H10O2/c1-3-7-12(14)11-8-5-6-9-13(11)15-10-4-2/h2,5-9H,1,10H2. The molecule has 0 unspecified atom stereocenters. The van der Waals surface area contributed by atoms with E-state index in [2.05, 4.69) is 18.2 Å². The minimum Gasteiger partial charge on any atom is -0.480 e. The number of terminal acetylenes is 1. The fourth-order valence-electron chi connectivity index (χ4n) is 1.09. The first-order chi connectivity index (χ1) is 7.29. The number of rotatable bonds is 4. The van der Waals surface area contributed by atoms with Crippen LogP contribution in [0.25, 0.3) is 0 Å². The van der Waals surface area contributed by atoms with Gasteiger partial charge in [-0.15, -0.1) is 12.2 Å². The molecule has 2 heteroatoms. The van der Waals surface area contributed by atoms with Crippen molar-refractivity contribution in [2.45, 2.75) is 0 Å². The fraction of sp³-hybridized carbons (Fsp3) is 0.0769. The summed E-state index contributed by atoms with van der Waals surface area (Å²) in [6.07, 6.45) is 6.33. The summed E-state index contributed by atoms with van der Waals surface area (Å²) in [5, 5.41) is 0. The third-order valence-electron chi connectivity index (χ3n) is 1.70. The lowest BCUT2D eigenvalue weighted by atomic mass is 10.1. The van der Waals surface area contributed by atoms with Crippen LogP contribution < -0.4 is 4.74 Å². The van der Waals surface area contributed by atoms with E-state index in [0.29, 0.717) is 11.3 Å². The Bertz CT molecular complexity index is 446.